The summed E-state index contributed by atoms with van der Waals surface area (Å²) in [4.78, 5) is 16.3. The van der Waals surface area contributed by atoms with Crippen LogP contribution in [0.25, 0.3) is 48.8 Å². The molecule has 78 heavy (non-hydrogen) atoms. The second kappa shape index (κ2) is 15.1. The molecule has 12 atom stereocenters. The van der Waals surface area contributed by atoms with Crippen LogP contribution in [0.4, 0.5) is 0 Å². The maximum Gasteiger partial charge on any atom is 0.0494 e. The first-order valence-electron chi connectivity index (χ1n) is 30.1. The summed E-state index contributed by atoms with van der Waals surface area (Å²) in [6.07, 6.45) is 39.2. The van der Waals surface area contributed by atoms with Gasteiger partial charge < -0.3 is 0 Å². The summed E-state index contributed by atoms with van der Waals surface area (Å²) >= 11 is 13.2. The molecule has 0 radical (unpaired) electrons. The molecule has 0 fully saturated rings. The van der Waals surface area contributed by atoms with E-state index < -0.39 is 0 Å². The second-order valence-electron chi connectivity index (χ2n) is 31.2. The molecule has 0 saturated heterocycles. The van der Waals surface area contributed by atoms with Gasteiger partial charge in [0.05, 0.1) is 0 Å². The highest BCUT2D eigenvalue weighted by molar-refractivity contribution is 7.31. The number of fused-ring (bicyclic) bond motifs is 6. The van der Waals surface area contributed by atoms with Crippen molar-refractivity contribution in [3.8, 4) is 48.8 Å². The van der Waals surface area contributed by atoms with Crippen molar-refractivity contribution in [1.29, 1.82) is 0 Å². The Morgan fingerprint density at radius 2 is 0.487 bits per heavy atom. The molecule has 18 aliphatic rings. The van der Waals surface area contributed by atoms with Crippen LogP contribution in [0.2, 0.25) is 0 Å². The maximum atomic E-state index is 2.69. The molecule has 12 unspecified atom stereocenters. The highest BCUT2D eigenvalue weighted by Crippen LogP contribution is 2.73. The monoisotopic (exact) mass is 1130 g/mol. The smallest absolute Gasteiger partial charge is 0.0494 e. The van der Waals surface area contributed by atoms with Gasteiger partial charge in [0.1, 0.15) is 0 Å². The van der Waals surface area contributed by atoms with Gasteiger partial charge >= 0.3 is 0 Å². The standard InChI is InChI=1S/C72H74S6/c1-67(2)26-34-14-19-41(67)40-32-74-57(47(34)40)63-53-43-21-16-36(28-69(43,5)6)49(53)60(76-63)65-55-45-23-18-38(30-71(45,9)10)51(55)62(78-65)66-56-46-24-17-37(29-72(46,11)12)50(56)61(77-66)64-54-44-22-15-35(27-70(44,7)8)48(54)59(75-64)58-52-39(31-73-58)33-13-20-42(52)68(3,4)25-33/h13-24,31-38,41-46H,25-30H2,1-12H3. The van der Waals surface area contributed by atoms with Crippen LogP contribution in [0.3, 0.4) is 0 Å². The third-order valence-electron chi connectivity index (χ3n) is 23.6. The fraction of sp³-hybridized carbons (Fsp3) is 0.500. The fourth-order valence-corrected chi connectivity index (χ4v) is 28.9. The predicted molar refractivity (Wildman–Crippen MR) is 339 cm³/mol. The average Bonchev–Trinajstić information content (AvgIpc) is 4.23. The van der Waals surface area contributed by atoms with Crippen LogP contribution < -0.4 is 0 Å². The van der Waals surface area contributed by atoms with Gasteiger partial charge in [-0.05, 0) is 149 Å². The Kier molecular flexibility index (Phi) is 9.30. The van der Waals surface area contributed by atoms with E-state index in [2.05, 4.69) is 235 Å². The summed E-state index contributed by atoms with van der Waals surface area (Å²) in [5.74, 6) is 5.58. The molecular weight excluding hydrogens is 1060 g/mol. The normalized spacial score (nSPS) is 34.7. The molecule has 0 saturated carbocycles. The van der Waals surface area contributed by atoms with Gasteiger partial charge in [0, 0.05) is 120 Å². The van der Waals surface area contributed by atoms with Crippen molar-refractivity contribution in [1.82, 2.24) is 0 Å². The van der Waals surface area contributed by atoms with Gasteiger partial charge in [-0.25, -0.2) is 0 Å². The summed E-state index contributed by atoms with van der Waals surface area (Å²) in [6.45, 7) is 30.9. The van der Waals surface area contributed by atoms with E-state index in [1.54, 1.807) is 116 Å². The first kappa shape index (κ1) is 48.2. The van der Waals surface area contributed by atoms with Gasteiger partial charge in [-0.3, -0.25) is 0 Å². The zero-order valence-electron chi connectivity index (χ0n) is 47.7. The molecule has 18 aliphatic carbocycles. The van der Waals surface area contributed by atoms with Crippen molar-refractivity contribution in [2.45, 2.75) is 193 Å². The van der Waals surface area contributed by atoms with Crippen molar-refractivity contribution < 1.29 is 0 Å². The SMILES string of the molecule is CC1(C)CC2C=CC1c1csc(-c3sc(-c4sc(-c5sc(-c6sc(-c7scc8c7C7C=CC8CC7(C)C)c7c6C6C=CC7CC6(C)C)c6c5C5C=CC6CC5(C)C)c5c4C4C=CC5CC4(C)C)c4c3C3C=CC4CC3(C)C)c12. The Balaban J connectivity index is 0.886. The van der Waals surface area contributed by atoms with Crippen molar-refractivity contribution in [3.63, 3.8) is 0 Å². The Morgan fingerprint density at radius 3 is 0.846 bits per heavy atom. The molecule has 0 aromatic carbocycles. The van der Waals surface area contributed by atoms with Crippen molar-refractivity contribution in [2.75, 3.05) is 0 Å². The molecule has 0 spiro atoms. The molecule has 6 heterocycles. The molecular formula is C72H74S6. The lowest BCUT2D eigenvalue weighted by Gasteiger charge is -2.47. The number of hydrogen-bond donors (Lipinski definition) is 0. The Hall–Kier alpha value is -3.36. The van der Waals surface area contributed by atoms with Crippen molar-refractivity contribution in [3.05, 3.63) is 150 Å². The van der Waals surface area contributed by atoms with Crippen LogP contribution in [0.1, 0.15) is 259 Å². The Bertz CT molecular complexity index is 3920. The van der Waals surface area contributed by atoms with E-state index in [0.29, 0.717) is 76.4 Å². The summed E-state index contributed by atoms with van der Waals surface area (Å²) < 4.78 is 0. The minimum Gasteiger partial charge on any atom is -0.142 e. The third kappa shape index (κ3) is 5.93. The highest BCUT2D eigenvalue weighted by atomic mass is 32.1. The van der Waals surface area contributed by atoms with E-state index >= 15 is 0 Å². The summed E-state index contributed by atoms with van der Waals surface area (Å²) in [5, 5.41) is 5.20. The summed E-state index contributed by atoms with van der Waals surface area (Å²) in [5.41, 5.74) is 21.8. The van der Waals surface area contributed by atoms with E-state index in [-0.39, 0.29) is 27.1 Å². The molecule has 0 amide bonds. The van der Waals surface area contributed by atoms with Gasteiger partial charge in [0.25, 0.3) is 0 Å². The van der Waals surface area contributed by atoms with E-state index in [1.807, 2.05) is 0 Å². The van der Waals surface area contributed by atoms with Crippen molar-refractivity contribution in [2.24, 2.45) is 32.5 Å². The lowest BCUT2D eigenvalue weighted by Crippen LogP contribution is -2.33. The molecule has 398 valence electrons. The topological polar surface area (TPSA) is 0 Å². The van der Waals surface area contributed by atoms with E-state index in [4.69, 9.17) is 0 Å². The minimum atomic E-state index is 0.198. The van der Waals surface area contributed by atoms with Crippen LogP contribution >= 0.6 is 68.0 Å². The van der Waals surface area contributed by atoms with Gasteiger partial charge in [0.2, 0.25) is 0 Å². The molecule has 6 heteroatoms. The Morgan fingerprint density at radius 1 is 0.244 bits per heavy atom. The number of allylic oxidation sites excluding steroid dienone is 12. The summed E-state index contributed by atoms with van der Waals surface area (Å²) in [6, 6.07) is 0. The Labute approximate surface area is 488 Å². The minimum absolute atomic E-state index is 0.198. The number of thiophene rings is 6. The van der Waals surface area contributed by atoms with Gasteiger partial charge in [-0.2, -0.15) is 0 Å². The van der Waals surface area contributed by atoms with Crippen LogP contribution in [-0.2, 0) is 0 Å². The largest absolute Gasteiger partial charge is 0.142 e. The first-order chi connectivity index (χ1) is 37.1. The van der Waals surface area contributed by atoms with Crippen LogP contribution in [0, 0.1) is 32.5 Å². The third-order valence-corrected chi connectivity index (χ3v) is 31.3. The van der Waals surface area contributed by atoms with Crippen LogP contribution in [-0.4, -0.2) is 0 Å². The molecule has 0 N–H and O–H groups in total. The fourth-order valence-electron chi connectivity index (χ4n) is 20.0. The zero-order valence-corrected chi connectivity index (χ0v) is 52.6. The quantitative estimate of drug-likeness (QED) is 0.151. The maximum absolute atomic E-state index is 2.69. The lowest BCUT2D eigenvalue weighted by molar-refractivity contribution is 0.251. The van der Waals surface area contributed by atoms with E-state index in [1.165, 1.54) is 38.5 Å². The van der Waals surface area contributed by atoms with Gasteiger partial charge in [-0.15, -0.1) is 68.0 Å². The molecule has 0 nitrogen and oxygen atoms in total. The van der Waals surface area contributed by atoms with Crippen LogP contribution in [0.5, 0.6) is 0 Å². The van der Waals surface area contributed by atoms with Crippen LogP contribution in [0.15, 0.2) is 83.7 Å². The van der Waals surface area contributed by atoms with Crippen molar-refractivity contribution >= 4 is 68.0 Å². The molecule has 6 aromatic heterocycles. The van der Waals surface area contributed by atoms with Gasteiger partial charge in [-0.1, -0.05) is 156 Å². The number of rotatable bonds is 5. The molecule has 6 aromatic rings. The summed E-state index contributed by atoms with van der Waals surface area (Å²) in [7, 11) is 0. The second-order valence-corrected chi connectivity index (χ2v) is 37.0. The molecule has 24 rings (SSSR count). The first-order valence-corrected chi connectivity index (χ1v) is 35.1. The van der Waals surface area contributed by atoms with Gasteiger partial charge in [0.15, 0.2) is 0 Å². The highest BCUT2D eigenvalue weighted by Gasteiger charge is 2.55. The predicted octanol–water partition coefficient (Wildman–Crippen LogP) is 23.4. The lowest BCUT2D eigenvalue weighted by atomic mass is 9.57. The number of hydrogen-bond acceptors (Lipinski definition) is 6. The average molecular weight is 1130 g/mol. The molecule has 0 aliphatic heterocycles. The van der Waals surface area contributed by atoms with E-state index in [9.17, 15) is 0 Å². The molecule has 12 bridgehead atoms. The van der Waals surface area contributed by atoms with E-state index in [0.717, 1.165) is 0 Å². The zero-order chi connectivity index (χ0) is 53.0.